The van der Waals surface area contributed by atoms with Gasteiger partial charge in [-0.1, -0.05) is 49.7 Å². The molecule has 6 rings (SSSR count). The SMILES string of the molecule is C=C(Cl)CN(CC(F)F)c1nc(CC)nc2c(F)c(-c3ccc(F)c4sc(N)c(C#N)c34)c(Cl)c(CC)c12.FC1CC2CCCN2C1. The zero-order valence-electron chi connectivity index (χ0n) is 25.8. The Morgan fingerprint density at radius 2 is 1.98 bits per heavy atom. The molecule has 4 heterocycles. The number of aromatic nitrogens is 2. The minimum absolute atomic E-state index is 0.00877. The summed E-state index contributed by atoms with van der Waals surface area (Å²) in [4.78, 5) is 12.4. The lowest BCUT2D eigenvalue weighted by Gasteiger charge is -2.26. The van der Waals surface area contributed by atoms with E-state index < -0.39 is 30.8 Å². The fourth-order valence-corrected chi connectivity index (χ4v) is 8.00. The highest BCUT2D eigenvalue weighted by Crippen LogP contribution is 2.47. The first kappa shape index (κ1) is 35.1. The van der Waals surface area contributed by atoms with Crippen molar-refractivity contribution in [3.05, 3.63) is 57.4 Å². The van der Waals surface area contributed by atoms with Gasteiger partial charge in [0.15, 0.2) is 5.82 Å². The molecule has 0 bridgehead atoms. The highest BCUT2D eigenvalue weighted by atomic mass is 35.5. The lowest BCUT2D eigenvalue weighted by atomic mass is 9.93. The van der Waals surface area contributed by atoms with Crippen molar-refractivity contribution in [2.75, 3.05) is 36.8 Å². The summed E-state index contributed by atoms with van der Waals surface area (Å²) in [7, 11) is 0. The van der Waals surface area contributed by atoms with Gasteiger partial charge in [-0.15, -0.1) is 11.3 Å². The number of nitrogen functional groups attached to an aromatic ring is 1. The first-order chi connectivity index (χ1) is 22.4. The van der Waals surface area contributed by atoms with Gasteiger partial charge in [0.2, 0.25) is 0 Å². The molecule has 2 saturated heterocycles. The van der Waals surface area contributed by atoms with Gasteiger partial charge in [0.05, 0.1) is 33.8 Å². The summed E-state index contributed by atoms with van der Waals surface area (Å²) in [6.07, 6.45) is 0.613. The summed E-state index contributed by atoms with van der Waals surface area (Å²) < 4.78 is 71.0. The van der Waals surface area contributed by atoms with Crippen LogP contribution in [0, 0.1) is 23.0 Å². The molecule has 0 spiro atoms. The predicted molar refractivity (Wildman–Crippen MR) is 180 cm³/mol. The molecular formula is C33H33Cl2F5N6S. The molecule has 47 heavy (non-hydrogen) atoms. The fourth-order valence-electron chi connectivity index (χ4n) is 6.50. The van der Waals surface area contributed by atoms with Gasteiger partial charge in [-0.3, -0.25) is 4.90 Å². The van der Waals surface area contributed by atoms with Crippen LogP contribution in [0.2, 0.25) is 5.02 Å². The van der Waals surface area contributed by atoms with Crippen LogP contribution >= 0.6 is 34.5 Å². The molecule has 14 heteroatoms. The van der Waals surface area contributed by atoms with E-state index in [1.54, 1.807) is 13.8 Å². The topological polar surface area (TPSA) is 82.1 Å². The van der Waals surface area contributed by atoms with Crippen LogP contribution in [-0.2, 0) is 12.8 Å². The molecule has 2 unspecified atom stereocenters. The average molecular weight is 712 g/mol. The van der Waals surface area contributed by atoms with Crippen molar-refractivity contribution in [3.63, 3.8) is 0 Å². The lowest BCUT2D eigenvalue weighted by molar-refractivity contribution is 0.155. The zero-order valence-corrected chi connectivity index (χ0v) is 28.2. The van der Waals surface area contributed by atoms with Gasteiger partial charge in [-0.05, 0) is 49.4 Å². The van der Waals surface area contributed by atoms with Gasteiger partial charge in [0, 0.05) is 35.0 Å². The Hall–Kier alpha value is -3.24. The van der Waals surface area contributed by atoms with Gasteiger partial charge in [-0.25, -0.2) is 31.9 Å². The number of hydrogen-bond donors (Lipinski definition) is 1. The number of aryl methyl sites for hydroxylation is 2. The van der Waals surface area contributed by atoms with E-state index in [1.807, 2.05) is 6.07 Å². The molecule has 2 N–H and O–H groups in total. The van der Waals surface area contributed by atoms with Crippen molar-refractivity contribution in [1.82, 2.24) is 14.9 Å². The maximum Gasteiger partial charge on any atom is 0.255 e. The molecule has 2 atom stereocenters. The lowest BCUT2D eigenvalue weighted by Crippen LogP contribution is -2.31. The van der Waals surface area contributed by atoms with Crippen molar-refractivity contribution in [1.29, 1.82) is 5.26 Å². The van der Waals surface area contributed by atoms with Crippen molar-refractivity contribution < 1.29 is 22.0 Å². The molecule has 250 valence electrons. The second-order valence-electron chi connectivity index (χ2n) is 11.5. The summed E-state index contributed by atoms with van der Waals surface area (Å²) in [6, 6.07) is 5.07. The molecule has 2 aliphatic heterocycles. The van der Waals surface area contributed by atoms with Crippen molar-refractivity contribution in [3.8, 4) is 17.2 Å². The largest absolute Gasteiger partial charge is 0.389 e. The van der Waals surface area contributed by atoms with E-state index in [1.165, 1.54) is 23.8 Å². The van der Waals surface area contributed by atoms with Crippen LogP contribution in [0.15, 0.2) is 23.7 Å². The molecule has 2 aromatic carbocycles. The number of alkyl halides is 3. The highest BCUT2D eigenvalue weighted by Gasteiger charge is 2.35. The first-order valence-electron chi connectivity index (χ1n) is 15.3. The number of nitrogens with two attached hydrogens (primary N) is 1. The number of nitriles is 1. The molecular weight excluding hydrogens is 678 g/mol. The smallest absolute Gasteiger partial charge is 0.255 e. The van der Waals surface area contributed by atoms with E-state index in [-0.39, 0.29) is 83.8 Å². The number of rotatable bonds is 8. The first-order valence-corrected chi connectivity index (χ1v) is 16.8. The van der Waals surface area contributed by atoms with Gasteiger partial charge in [-0.2, -0.15) is 5.26 Å². The third-order valence-corrected chi connectivity index (χ3v) is 10.1. The van der Waals surface area contributed by atoms with Gasteiger partial charge in [0.25, 0.3) is 6.43 Å². The number of nitrogens with zero attached hydrogens (tertiary/aromatic N) is 5. The third kappa shape index (κ3) is 6.86. The molecule has 0 radical (unpaired) electrons. The van der Waals surface area contributed by atoms with E-state index in [4.69, 9.17) is 28.9 Å². The van der Waals surface area contributed by atoms with E-state index in [0.717, 1.165) is 30.4 Å². The minimum atomic E-state index is -2.74. The van der Waals surface area contributed by atoms with Crippen LogP contribution in [0.4, 0.5) is 32.8 Å². The van der Waals surface area contributed by atoms with Crippen LogP contribution in [0.5, 0.6) is 0 Å². The number of thiophene rings is 1. The van der Waals surface area contributed by atoms with E-state index in [0.29, 0.717) is 18.2 Å². The maximum atomic E-state index is 16.5. The highest BCUT2D eigenvalue weighted by molar-refractivity contribution is 7.23. The second kappa shape index (κ2) is 14.5. The summed E-state index contributed by atoms with van der Waals surface area (Å²) in [5.41, 5.74) is 6.31. The number of halogens is 7. The van der Waals surface area contributed by atoms with Crippen molar-refractivity contribution in [2.24, 2.45) is 0 Å². The number of hydrogen-bond acceptors (Lipinski definition) is 7. The van der Waals surface area contributed by atoms with Crippen molar-refractivity contribution in [2.45, 2.75) is 64.6 Å². The minimum Gasteiger partial charge on any atom is -0.389 e. The van der Waals surface area contributed by atoms with Gasteiger partial charge >= 0.3 is 0 Å². The number of benzene rings is 2. The predicted octanol–water partition coefficient (Wildman–Crippen LogP) is 9.04. The van der Waals surface area contributed by atoms with Crippen molar-refractivity contribution >= 4 is 66.3 Å². The van der Waals surface area contributed by atoms with Gasteiger partial charge < -0.3 is 10.6 Å². The normalized spacial score (nSPS) is 17.6. The molecule has 0 saturated carbocycles. The summed E-state index contributed by atoms with van der Waals surface area (Å²) >= 11 is 13.7. The Kier molecular flexibility index (Phi) is 10.8. The summed E-state index contributed by atoms with van der Waals surface area (Å²) in [6.45, 7) is 8.08. The standard InChI is InChI=1S/C26H21Cl2F4N5S.C7H12FN/c1-4-12-20-23(35-17(5-2)36-26(20)37(9-11(3)27)10-16(30)31)22(32)19(21(12)28)13-6-7-15(29)24-18(13)14(8-33)25(34)38-24;8-6-4-7-2-1-3-9(7)5-6/h6-7,16H,3-5,9-10,34H2,1-2H3;6-7H,1-5H2. The fraction of sp³-hybridized carbons (Fsp3) is 0.424. The molecule has 0 aliphatic carbocycles. The quantitative estimate of drug-likeness (QED) is 0.184. The summed E-state index contributed by atoms with van der Waals surface area (Å²) in [5.74, 6) is -1.21. The zero-order chi connectivity index (χ0) is 34.2. The van der Waals surface area contributed by atoms with Crippen LogP contribution in [0.1, 0.15) is 50.1 Å². The van der Waals surface area contributed by atoms with E-state index in [9.17, 15) is 22.8 Å². The maximum absolute atomic E-state index is 16.5. The Morgan fingerprint density at radius 3 is 2.60 bits per heavy atom. The Balaban J connectivity index is 0.000000410. The van der Waals surface area contributed by atoms with Crippen LogP contribution < -0.4 is 10.6 Å². The molecule has 0 amide bonds. The monoisotopic (exact) mass is 710 g/mol. The second-order valence-corrected chi connectivity index (χ2v) is 13.5. The Morgan fingerprint density at radius 1 is 1.23 bits per heavy atom. The molecule has 6 nitrogen and oxygen atoms in total. The molecule has 4 aromatic rings. The number of anilines is 2. The van der Waals surface area contributed by atoms with Crippen LogP contribution in [0.25, 0.3) is 32.1 Å². The Labute approximate surface area is 283 Å². The van der Waals surface area contributed by atoms with Gasteiger partial charge in [0.1, 0.15) is 40.2 Å². The molecule has 2 aliphatic rings. The molecule has 2 aromatic heterocycles. The molecule has 2 fully saturated rings. The summed E-state index contributed by atoms with van der Waals surface area (Å²) in [5, 5.41) is 10.2. The number of fused-ring (bicyclic) bond motifs is 3. The van der Waals surface area contributed by atoms with E-state index >= 15 is 4.39 Å². The third-order valence-electron chi connectivity index (χ3n) is 8.50. The van der Waals surface area contributed by atoms with Crippen LogP contribution in [0.3, 0.4) is 0 Å². The van der Waals surface area contributed by atoms with E-state index in [2.05, 4.69) is 21.4 Å². The van der Waals surface area contributed by atoms with Crippen LogP contribution in [-0.4, -0.2) is 59.7 Å². The average Bonchev–Trinajstić information content (AvgIpc) is 3.70. The Bertz CT molecular complexity index is 1860.